The molecule has 0 atom stereocenters. The number of ether oxygens (including phenoxy) is 2. The van der Waals surface area contributed by atoms with Gasteiger partial charge in [-0.25, -0.2) is 0 Å². The molecule has 0 bridgehead atoms. The van der Waals surface area contributed by atoms with Gasteiger partial charge >= 0.3 is 5.97 Å². The van der Waals surface area contributed by atoms with E-state index in [1.807, 2.05) is 0 Å². The Balaban J connectivity index is 2.09. The van der Waals surface area contributed by atoms with Gasteiger partial charge in [-0.05, 0) is 31.0 Å². The van der Waals surface area contributed by atoms with E-state index in [9.17, 15) is 14.4 Å². The second kappa shape index (κ2) is 8.50. The largest absolute Gasteiger partial charge is 0.495 e. The Labute approximate surface area is 147 Å². The lowest BCUT2D eigenvalue weighted by Gasteiger charge is -2.28. The highest BCUT2D eigenvalue weighted by Gasteiger charge is 2.23. The molecule has 0 spiro atoms. The smallest absolute Gasteiger partial charge is 0.308 e. The Kier molecular flexibility index (Phi) is 6.38. The number of hydrogen-bond donors (Lipinski definition) is 1. The van der Waals surface area contributed by atoms with Crippen LogP contribution in [0, 0.1) is 5.92 Å². The summed E-state index contributed by atoms with van der Waals surface area (Å²) in [5.74, 6) is -0.538. The molecule has 1 fully saturated rings. The zero-order valence-corrected chi connectivity index (χ0v) is 14.8. The van der Waals surface area contributed by atoms with Gasteiger partial charge in [-0.2, -0.15) is 0 Å². The lowest BCUT2D eigenvalue weighted by molar-refractivity contribution is -0.150. The van der Waals surface area contributed by atoms with Crippen LogP contribution in [0.25, 0.3) is 0 Å². The van der Waals surface area contributed by atoms with Crippen molar-refractivity contribution in [2.45, 2.75) is 33.1 Å². The predicted molar refractivity (Wildman–Crippen MR) is 93.6 cm³/mol. The topological polar surface area (TPSA) is 84.9 Å². The summed E-state index contributed by atoms with van der Waals surface area (Å²) in [7, 11) is 1.54. The van der Waals surface area contributed by atoms with Crippen LogP contribution in [-0.2, 0) is 19.1 Å². The highest BCUT2D eigenvalue weighted by molar-refractivity contribution is 5.98. The molecule has 7 nitrogen and oxygen atoms in total. The number of rotatable bonds is 6. The SMILES string of the molecule is COc1ccc(NC(=O)COC(=O)C(C)C)cc1N1CCCCC1=O. The molecule has 2 rings (SSSR count). The summed E-state index contributed by atoms with van der Waals surface area (Å²) >= 11 is 0. The number of benzene rings is 1. The van der Waals surface area contributed by atoms with Crippen molar-refractivity contribution in [1.82, 2.24) is 0 Å². The Morgan fingerprint density at radius 2 is 2.04 bits per heavy atom. The maximum atomic E-state index is 12.2. The second-order valence-electron chi connectivity index (χ2n) is 6.20. The van der Waals surface area contributed by atoms with Crippen molar-refractivity contribution in [2.75, 3.05) is 30.5 Å². The number of carbonyl (C=O) groups excluding carboxylic acids is 3. The molecule has 1 saturated heterocycles. The minimum Gasteiger partial charge on any atom is -0.495 e. The van der Waals surface area contributed by atoms with Gasteiger partial charge in [0.15, 0.2) is 6.61 Å². The standard InChI is InChI=1S/C18H24N2O5/c1-12(2)18(23)25-11-16(21)19-13-7-8-15(24-3)14(10-13)20-9-5-4-6-17(20)22/h7-8,10,12H,4-6,9,11H2,1-3H3,(H,19,21). The molecular formula is C18H24N2O5. The molecule has 1 N–H and O–H groups in total. The summed E-state index contributed by atoms with van der Waals surface area (Å²) in [6, 6.07) is 5.08. The summed E-state index contributed by atoms with van der Waals surface area (Å²) in [5.41, 5.74) is 1.14. The first kappa shape index (κ1) is 18.8. The molecule has 0 aromatic heterocycles. The second-order valence-corrected chi connectivity index (χ2v) is 6.20. The van der Waals surface area contributed by atoms with Crippen LogP contribution in [0.4, 0.5) is 11.4 Å². The number of nitrogens with zero attached hydrogens (tertiary/aromatic N) is 1. The van der Waals surface area contributed by atoms with Gasteiger partial charge in [0.05, 0.1) is 18.7 Å². The fourth-order valence-corrected chi connectivity index (χ4v) is 2.54. The van der Waals surface area contributed by atoms with E-state index in [1.165, 1.54) is 7.11 Å². The molecule has 1 aliphatic heterocycles. The van der Waals surface area contributed by atoms with Crippen molar-refractivity contribution >= 4 is 29.2 Å². The van der Waals surface area contributed by atoms with E-state index in [0.717, 1.165) is 12.8 Å². The minimum atomic E-state index is -0.435. The van der Waals surface area contributed by atoms with Crippen molar-refractivity contribution in [2.24, 2.45) is 5.92 Å². The number of methoxy groups -OCH3 is 1. The molecule has 2 amide bonds. The zero-order valence-electron chi connectivity index (χ0n) is 14.8. The van der Waals surface area contributed by atoms with E-state index in [0.29, 0.717) is 30.1 Å². The number of piperidine rings is 1. The Bertz CT molecular complexity index is 657. The molecule has 0 radical (unpaired) electrons. The molecule has 1 aromatic carbocycles. The first-order chi connectivity index (χ1) is 11.9. The van der Waals surface area contributed by atoms with E-state index >= 15 is 0 Å². The van der Waals surface area contributed by atoms with E-state index in [2.05, 4.69) is 5.32 Å². The van der Waals surface area contributed by atoms with Gasteiger partial charge in [-0.1, -0.05) is 13.8 Å². The quantitative estimate of drug-likeness (QED) is 0.798. The van der Waals surface area contributed by atoms with E-state index in [1.54, 1.807) is 36.9 Å². The fourth-order valence-electron chi connectivity index (χ4n) is 2.54. The number of nitrogens with one attached hydrogen (secondary N) is 1. The average Bonchev–Trinajstić information content (AvgIpc) is 2.60. The minimum absolute atomic E-state index is 0.0406. The fraction of sp³-hybridized carbons (Fsp3) is 0.500. The van der Waals surface area contributed by atoms with Crippen molar-refractivity contribution in [1.29, 1.82) is 0 Å². The number of hydrogen-bond acceptors (Lipinski definition) is 5. The lowest BCUT2D eigenvalue weighted by atomic mass is 10.1. The van der Waals surface area contributed by atoms with Gasteiger partial charge in [-0.3, -0.25) is 14.4 Å². The van der Waals surface area contributed by atoms with Crippen LogP contribution in [0.15, 0.2) is 18.2 Å². The monoisotopic (exact) mass is 348 g/mol. The van der Waals surface area contributed by atoms with Crippen molar-refractivity contribution < 1.29 is 23.9 Å². The van der Waals surface area contributed by atoms with Gasteiger partial charge in [0.2, 0.25) is 5.91 Å². The van der Waals surface area contributed by atoms with Gasteiger partial charge in [0, 0.05) is 18.7 Å². The van der Waals surface area contributed by atoms with E-state index in [4.69, 9.17) is 9.47 Å². The van der Waals surface area contributed by atoms with Crippen LogP contribution < -0.4 is 15.0 Å². The average molecular weight is 348 g/mol. The third kappa shape index (κ3) is 4.95. The van der Waals surface area contributed by atoms with Crippen molar-refractivity contribution in [3.05, 3.63) is 18.2 Å². The van der Waals surface area contributed by atoms with Gasteiger partial charge in [0.1, 0.15) is 5.75 Å². The molecular weight excluding hydrogens is 324 g/mol. The first-order valence-corrected chi connectivity index (χ1v) is 8.37. The lowest BCUT2D eigenvalue weighted by Crippen LogP contribution is -2.35. The number of esters is 1. The molecule has 1 aliphatic rings. The van der Waals surface area contributed by atoms with Gasteiger partial charge in [-0.15, -0.1) is 0 Å². The zero-order chi connectivity index (χ0) is 18.4. The highest BCUT2D eigenvalue weighted by atomic mass is 16.5. The maximum Gasteiger partial charge on any atom is 0.308 e. The number of amides is 2. The molecule has 0 aliphatic carbocycles. The Hall–Kier alpha value is -2.57. The van der Waals surface area contributed by atoms with Crippen LogP contribution in [-0.4, -0.2) is 38.0 Å². The third-order valence-corrected chi connectivity index (χ3v) is 3.89. The predicted octanol–water partition coefficient (Wildman–Crippen LogP) is 2.35. The summed E-state index contributed by atoms with van der Waals surface area (Å²) in [4.78, 5) is 37.2. The third-order valence-electron chi connectivity index (χ3n) is 3.89. The summed E-state index contributed by atoms with van der Waals surface area (Å²) in [5, 5.41) is 2.67. The van der Waals surface area contributed by atoms with Crippen LogP contribution >= 0.6 is 0 Å². The molecule has 1 aromatic rings. The van der Waals surface area contributed by atoms with E-state index in [-0.39, 0.29) is 18.4 Å². The Morgan fingerprint density at radius 3 is 2.68 bits per heavy atom. The molecule has 136 valence electrons. The van der Waals surface area contributed by atoms with Crippen LogP contribution in [0.1, 0.15) is 33.1 Å². The summed E-state index contributed by atoms with van der Waals surface area (Å²) in [6.07, 6.45) is 2.32. The summed E-state index contributed by atoms with van der Waals surface area (Å²) in [6.45, 7) is 3.68. The number of carbonyl (C=O) groups is 3. The van der Waals surface area contributed by atoms with Crippen molar-refractivity contribution in [3.8, 4) is 5.75 Å². The summed E-state index contributed by atoms with van der Waals surface area (Å²) < 4.78 is 10.2. The van der Waals surface area contributed by atoms with Crippen molar-refractivity contribution in [3.63, 3.8) is 0 Å². The maximum absolute atomic E-state index is 12.2. The van der Waals surface area contributed by atoms with Crippen LogP contribution in [0.3, 0.4) is 0 Å². The van der Waals surface area contributed by atoms with Crippen LogP contribution in [0.2, 0.25) is 0 Å². The molecule has 7 heteroatoms. The van der Waals surface area contributed by atoms with Gasteiger partial charge < -0.3 is 19.7 Å². The molecule has 0 saturated carbocycles. The molecule has 0 unspecified atom stereocenters. The molecule has 25 heavy (non-hydrogen) atoms. The van der Waals surface area contributed by atoms with Gasteiger partial charge in [0.25, 0.3) is 5.91 Å². The highest BCUT2D eigenvalue weighted by Crippen LogP contribution is 2.33. The molecule has 1 heterocycles. The normalized spacial score (nSPS) is 14.4. The van der Waals surface area contributed by atoms with E-state index < -0.39 is 11.9 Å². The Morgan fingerprint density at radius 1 is 1.28 bits per heavy atom. The first-order valence-electron chi connectivity index (χ1n) is 8.37. The van der Waals surface area contributed by atoms with Crippen LogP contribution in [0.5, 0.6) is 5.75 Å². The number of anilines is 2.